The van der Waals surface area contributed by atoms with Gasteiger partial charge in [-0.2, -0.15) is 0 Å². The Kier molecular flexibility index (Phi) is 2.26. The molecule has 0 N–H and O–H groups in total. The molecule has 2 aromatic rings. The molecule has 2 aromatic heterocycles. The summed E-state index contributed by atoms with van der Waals surface area (Å²) in [6, 6.07) is 4.34. The molecule has 0 spiro atoms. The van der Waals surface area contributed by atoms with Gasteiger partial charge in [-0.25, -0.2) is 0 Å². The topological polar surface area (TPSA) is 13.1 Å². The Morgan fingerprint density at radius 1 is 1.15 bits per heavy atom. The first-order valence-corrected chi connectivity index (χ1v) is 5.18. The van der Waals surface area contributed by atoms with E-state index in [0.29, 0.717) is 0 Å². The Hall–Kier alpha value is -0.980. The third-order valence-corrected chi connectivity index (χ3v) is 2.62. The molecule has 0 saturated heterocycles. The van der Waals surface area contributed by atoms with Crippen molar-refractivity contribution in [3.05, 3.63) is 23.3 Å². The number of hydrogen-bond acceptors (Lipinski definition) is 1. The maximum Gasteiger partial charge on any atom is 0.134 e. The van der Waals surface area contributed by atoms with Crippen molar-refractivity contribution >= 4 is 11.2 Å². The summed E-state index contributed by atoms with van der Waals surface area (Å²) in [6.07, 6.45) is 4.78. The van der Waals surface area contributed by atoms with Crippen LogP contribution in [0, 0.1) is 0 Å². The van der Waals surface area contributed by atoms with Gasteiger partial charge in [0.2, 0.25) is 0 Å². The van der Waals surface area contributed by atoms with E-state index in [2.05, 4.69) is 26.0 Å². The number of hydrogen-bond donors (Lipinski definition) is 0. The molecule has 0 saturated carbocycles. The lowest BCUT2D eigenvalue weighted by atomic mass is 10.0. The SMILES string of the molecule is CCCCc1cc2cc(CC)c1o2. The minimum atomic E-state index is 1.05. The van der Waals surface area contributed by atoms with Gasteiger partial charge in [-0.05, 0) is 42.5 Å². The van der Waals surface area contributed by atoms with E-state index in [0.717, 1.165) is 17.6 Å². The summed E-state index contributed by atoms with van der Waals surface area (Å²) in [5, 5.41) is 0. The van der Waals surface area contributed by atoms with Crippen LogP contribution in [0.2, 0.25) is 0 Å². The first-order valence-electron chi connectivity index (χ1n) is 5.18. The maximum atomic E-state index is 5.63. The summed E-state index contributed by atoms with van der Waals surface area (Å²) in [5.41, 5.74) is 5.00. The predicted octanol–water partition coefficient (Wildman–Crippen LogP) is 3.78. The number of fused-ring (bicyclic) bond motifs is 2. The second-order valence-electron chi connectivity index (χ2n) is 3.63. The van der Waals surface area contributed by atoms with E-state index >= 15 is 0 Å². The third kappa shape index (κ3) is 1.43. The molecular weight excluding hydrogens is 160 g/mol. The van der Waals surface area contributed by atoms with E-state index in [4.69, 9.17) is 4.42 Å². The van der Waals surface area contributed by atoms with Gasteiger partial charge in [0.15, 0.2) is 0 Å². The van der Waals surface area contributed by atoms with Crippen molar-refractivity contribution in [3.63, 3.8) is 0 Å². The van der Waals surface area contributed by atoms with E-state index in [9.17, 15) is 0 Å². The lowest BCUT2D eigenvalue weighted by molar-refractivity contribution is 0.667. The van der Waals surface area contributed by atoms with Crippen molar-refractivity contribution in [3.8, 4) is 0 Å². The third-order valence-electron chi connectivity index (χ3n) is 2.62. The zero-order valence-electron chi connectivity index (χ0n) is 8.39. The van der Waals surface area contributed by atoms with E-state index in [-0.39, 0.29) is 0 Å². The van der Waals surface area contributed by atoms with Crippen LogP contribution in [0.15, 0.2) is 16.5 Å². The molecule has 2 rings (SSSR count). The highest BCUT2D eigenvalue weighted by Crippen LogP contribution is 2.28. The Labute approximate surface area is 79.1 Å². The predicted molar refractivity (Wildman–Crippen MR) is 55.4 cm³/mol. The zero-order chi connectivity index (χ0) is 9.26. The Bertz CT molecular complexity index is 372. The van der Waals surface area contributed by atoms with E-state index in [1.165, 1.54) is 30.4 Å². The molecule has 1 nitrogen and oxygen atoms in total. The minimum Gasteiger partial charge on any atom is -0.457 e. The molecule has 0 radical (unpaired) electrons. The molecule has 0 atom stereocenters. The molecular formula is C12H16O. The first kappa shape index (κ1) is 8.61. The Morgan fingerprint density at radius 3 is 2.54 bits per heavy atom. The number of rotatable bonds is 4. The quantitative estimate of drug-likeness (QED) is 0.691. The van der Waals surface area contributed by atoms with Crippen LogP contribution < -0.4 is 0 Å². The first-order chi connectivity index (χ1) is 6.35. The van der Waals surface area contributed by atoms with Gasteiger partial charge in [-0.15, -0.1) is 0 Å². The molecule has 0 aromatic carbocycles. The van der Waals surface area contributed by atoms with Crippen molar-refractivity contribution in [1.82, 2.24) is 0 Å². The lowest BCUT2D eigenvalue weighted by Crippen LogP contribution is -1.85. The van der Waals surface area contributed by atoms with Crippen LogP contribution >= 0.6 is 0 Å². The van der Waals surface area contributed by atoms with E-state index in [1.807, 2.05) is 0 Å². The van der Waals surface area contributed by atoms with Crippen LogP contribution in [-0.4, -0.2) is 0 Å². The van der Waals surface area contributed by atoms with Gasteiger partial charge in [0.1, 0.15) is 11.2 Å². The van der Waals surface area contributed by atoms with Crippen LogP contribution in [0.1, 0.15) is 37.8 Å². The molecule has 70 valence electrons. The van der Waals surface area contributed by atoms with Crippen LogP contribution in [0.5, 0.6) is 0 Å². The second-order valence-corrected chi connectivity index (χ2v) is 3.63. The van der Waals surface area contributed by atoms with Crippen molar-refractivity contribution in [2.24, 2.45) is 0 Å². The smallest absolute Gasteiger partial charge is 0.134 e. The highest BCUT2D eigenvalue weighted by molar-refractivity contribution is 5.71. The van der Waals surface area contributed by atoms with Gasteiger partial charge >= 0.3 is 0 Å². The summed E-state index contributed by atoms with van der Waals surface area (Å²) in [5.74, 6) is 0. The fourth-order valence-corrected chi connectivity index (χ4v) is 1.85. The molecule has 0 aliphatic heterocycles. The van der Waals surface area contributed by atoms with Gasteiger partial charge in [0, 0.05) is 0 Å². The number of benzene rings is 1. The average Bonchev–Trinajstić information content (AvgIpc) is 2.72. The van der Waals surface area contributed by atoms with Crippen molar-refractivity contribution in [1.29, 1.82) is 0 Å². The fourth-order valence-electron chi connectivity index (χ4n) is 1.85. The van der Waals surface area contributed by atoms with Gasteiger partial charge in [-0.1, -0.05) is 20.3 Å². The number of furan rings is 2. The largest absolute Gasteiger partial charge is 0.457 e. The highest BCUT2D eigenvalue weighted by atomic mass is 16.3. The number of aryl methyl sites for hydroxylation is 2. The summed E-state index contributed by atoms with van der Waals surface area (Å²) >= 11 is 0. The average molecular weight is 176 g/mol. The molecule has 2 bridgehead atoms. The van der Waals surface area contributed by atoms with Gasteiger partial charge < -0.3 is 4.42 Å². The monoisotopic (exact) mass is 176 g/mol. The van der Waals surface area contributed by atoms with E-state index < -0.39 is 0 Å². The normalized spacial score (nSPS) is 11.5. The van der Waals surface area contributed by atoms with Crippen LogP contribution in [0.25, 0.3) is 11.2 Å². The van der Waals surface area contributed by atoms with Crippen LogP contribution in [0.4, 0.5) is 0 Å². The molecule has 0 aliphatic carbocycles. The van der Waals surface area contributed by atoms with Crippen molar-refractivity contribution in [2.45, 2.75) is 39.5 Å². The molecule has 13 heavy (non-hydrogen) atoms. The summed E-state index contributed by atoms with van der Waals surface area (Å²) in [4.78, 5) is 0. The summed E-state index contributed by atoms with van der Waals surface area (Å²) in [7, 11) is 0. The molecule has 1 heteroatoms. The van der Waals surface area contributed by atoms with Gasteiger partial charge in [0.25, 0.3) is 0 Å². The van der Waals surface area contributed by atoms with E-state index in [1.54, 1.807) is 0 Å². The number of unbranched alkanes of at least 4 members (excludes halogenated alkanes) is 1. The zero-order valence-corrected chi connectivity index (χ0v) is 8.39. The molecule has 0 unspecified atom stereocenters. The molecule has 0 aliphatic rings. The van der Waals surface area contributed by atoms with Crippen molar-refractivity contribution < 1.29 is 4.42 Å². The molecule has 0 fully saturated rings. The summed E-state index contributed by atoms with van der Waals surface area (Å²) < 4.78 is 5.63. The maximum absolute atomic E-state index is 5.63. The van der Waals surface area contributed by atoms with Crippen LogP contribution in [0.3, 0.4) is 0 Å². The van der Waals surface area contributed by atoms with Crippen LogP contribution in [-0.2, 0) is 12.8 Å². The standard InChI is InChI=1S/C12H16O/c1-3-5-6-10-8-11-7-9(4-2)12(10)13-11/h7-8H,3-6H2,1-2H3. The van der Waals surface area contributed by atoms with Crippen molar-refractivity contribution in [2.75, 3.05) is 0 Å². The molecule has 0 amide bonds. The minimum absolute atomic E-state index is 1.05. The Balaban J connectivity index is 2.27. The lowest BCUT2D eigenvalue weighted by Gasteiger charge is -1.98. The second kappa shape index (κ2) is 3.41. The fraction of sp³-hybridized carbons (Fsp3) is 0.500. The Morgan fingerprint density at radius 2 is 1.92 bits per heavy atom. The highest BCUT2D eigenvalue weighted by Gasteiger charge is 2.11. The molecule has 2 heterocycles. The summed E-state index contributed by atoms with van der Waals surface area (Å²) in [6.45, 7) is 4.41. The van der Waals surface area contributed by atoms with Gasteiger partial charge in [-0.3, -0.25) is 0 Å². The van der Waals surface area contributed by atoms with Gasteiger partial charge in [0.05, 0.1) is 0 Å².